The van der Waals surface area contributed by atoms with Crippen molar-refractivity contribution in [3.63, 3.8) is 0 Å². The summed E-state index contributed by atoms with van der Waals surface area (Å²) in [6, 6.07) is 0. The third kappa shape index (κ3) is 0.951. The molecular weight excluding hydrogens is 196 g/mol. The molecule has 4 nitrogen and oxygen atoms in total. The molecule has 3 aliphatic rings. The molecule has 0 N–H and O–H groups in total. The standard InChI is InChI=1S/C11H12O4/c1-2-14-11-4-3-6(5-11)7-8(11)10(13)15-9(7)12/h3-4,6-8H,2,5H2,1H3. The van der Waals surface area contributed by atoms with Gasteiger partial charge in [0.1, 0.15) is 11.5 Å². The van der Waals surface area contributed by atoms with Gasteiger partial charge in [-0.2, -0.15) is 0 Å². The van der Waals surface area contributed by atoms with Gasteiger partial charge in [-0.1, -0.05) is 12.2 Å². The molecule has 4 unspecified atom stereocenters. The fourth-order valence-electron chi connectivity index (χ4n) is 3.17. The largest absolute Gasteiger partial charge is 0.393 e. The van der Waals surface area contributed by atoms with Crippen molar-refractivity contribution in [3.8, 4) is 0 Å². The van der Waals surface area contributed by atoms with E-state index in [1.165, 1.54) is 0 Å². The van der Waals surface area contributed by atoms with Gasteiger partial charge in [0, 0.05) is 6.61 Å². The van der Waals surface area contributed by atoms with Crippen LogP contribution < -0.4 is 0 Å². The summed E-state index contributed by atoms with van der Waals surface area (Å²) in [4.78, 5) is 23.0. The van der Waals surface area contributed by atoms with E-state index in [4.69, 9.17) is 4.74 Å². The molecule has 0 spiro atoms. The highest BCUT2D eigenvalue weighted by Gasteiger charge is 2.66. The summed E-state index contributed by atoms with van der Waals surface area (Å²) in [5, 5.41) is 0. The van der Waals surface area contributed by atoms with Crippen molar-refractivity contribution in [1.29, 1.82) is 0 Å². The molecule has 0 radical (unpaired) electrons. The highest BCUT2D eigenvalue weighted by molar-refractivity contribution is 5.99. The lowest BCUT2D eigenvalue weighted by molar-refractivity contribution is -0.156. The number of hydrogen-bond acceptors (Lipinski definition) is 4. The molecule has 1 aliphatic heterocycles. The Morgan fingerprint density at radius 1 is 1.53 bits per heavy atom. The zero-order valence-electron chi connectivity index (χ0n) is 8.43. The normalized spacial score (nSPS) is 46.1. The topological polar surface area (TPSA) is 52.6 Å². The molecule has 2 aliphatic carbocycles. The van der Waals surface area contributed by atoms with Crippen LogP contribution >= 0.6 is 0 Å². The molecule has 1 saturated heterocycles. The van der Waals surface area contributed by atoms with Crippen molar-refractivity contribution in [3.05, 3.63) is 12.2 Å². The molecule has 1 heterocycles. The first kappa shape index (κ1) is 9.09. The van der Waals surface area contributed by atoms with E-state index >= 15 is 0 Å². The average molecular weight is 208 g/mol. The molecule has 0 aromatic rings. The van der Waals surface area contributed by atoms with Gasteiger partial charge in [-0.3, -0.25) is 9.59 Å². The predicted molar refractivity (Wildman–Crippen MR) is 49.7 cm³/mol. The Labute approximate surface area is 87.2 Å². The van der Waals surface area contributed by atoms with E-state index in [0.717, 1.165) is 6.42 Å². The SMILES string of the molecule is CCOC12C=CC(C1)C1C(=O)OC(=O)C12. The number of hydrogen-bond donors (Lipinski definition) is 0. The van der Waals surface area contributed by atoms with E-state index in [-0.39, 0.29) is 17.8 Å². The molecule has 2 bridgehead atoms. The maximum absolute atomic E-state index is 11.6. The van der Waals surface area contributed by atoms with Crippen LogP contribution in [0.1, 0.15) is 13.3 Å². The number of esters is 2. The van der Waals surface area contributed by atoms with Gasteiger partial charge in [0.25, 0.3) is 0 Å². The number of allylic oxidation sites excluding steroid dienone is 1. The summed E-state index contributed by atoms with van der Waals surface area (Å²) in [7, 11) is 0. The van der Waals surface area contributed by atoms with Gasteiger partial charge in [-0.25, -0.2) is 0 Å². The molecule has 1 saturated carbocycles. The second-order valence-corrected chi connectivity index (χ2v) is 4.36. The number of ether oxygens (including phenoxy) is 2. The fraction of sp³-hybridized carbons (Fsp3) is 0.636. The van der Waals surface area contributed by atoms with Crippen LogP contribution in [0, 0.1) is 17.8 Å². The minimum absolute atomic E-state index is 0.125. The third-order valence-electron chi connectivity index (χ3n) is 3.67. The highest BCUT2D eigenvalue weighted by atomic mass is 16.6. The maximum atomic E-state index is 11.6. The first-order valence-electron chi connectivity index (χ1n) is 5.27. The fourth-order valence-corrected chi connectivity index (χ4v) is 3.17. The quantitative estimate of drug-likeness (QED) is 0.380. The molecule has 4 atom stereocenters. The third-order valence-corrected chi connectivity index (χ3v) is 3.67. The molecule has 80 valence electrons. The zero-order chi connectivity index (χ0) is 10.6. The van der Waals surface area contributed by atoms with Gasteiger partial charge in [0.2, 0.25) is 0 Å². The lowest BCUT2D eigenvalue weighted by atomic mass is 9.83. The van der Waals surface area contributed by atoms with Gasteiger partial charge >= 0.3 is 11.9 Å². The van der Waals surface area contributed by atoms with Crippen LogP contribution in [0.5, 0.6) is 0 Å². The molecule has 0 amide bonds. The lowest BCUT2D eigenvalue weighted by Crippen LogP contribution is -2.39. The van der Waals surface area contributed by atoms with Crippen molar-refractivity contribution in [1.82, 2.24) is 0 Å². The molecule has 0 aromatic heterocycles. The van der Waals surface area contributed by atoms with Crippen LogP contribution in [0.4, 0.5) is 0 Å². The van der Waals surface area contributed by atoms with E-state index in [2.05, 4.69) is 4.74 Å². The van der Waals surface area contributed by atoms with Crippen LogP contribution in [0.3, 0.4) is 0 Å². The molecule has 3 rings (SSSR count). The van der Waals surface area contributed by atoms with Crippen LogP contribution in [0.25, 0.3) is 0 Å². The van der Waals surface area contributed by atoms with Gasteiger partial charge in [0.05, 0.1) is 5.92 Å². The highest BCUT2D eigenvalue weighted by Crippen LogP contribution is 2.55. The Kier molecular flexibility index (Phi) is 1.63. The smallest absolute Gasteiger partial charge is 0.320 e. The minimum atomic E-state index is -0.562. The molecule has 4 heteroatoms. The Balaban J connectivity index is 2.03. The molecule has 0 aromatic carbocycles. The lowest BCUT2D eigenvalue weighted by Gasteiger charge is -2.28. The van der Waals surface area contributed by atoms with Crippen molar-refractivity contribution >= 4 is 11.9 Å². The number of carbonyl (C=O) groups is 2. The van der Waals surface area contributed by atoms with E-state index in [9.17, 15) is 9.59 Å². The van der Waals surface area contributed by atoms with Crippen LogP contribution in [0.2, 0.25) is 0 Å². The Bertz CT molecular complexity index is 373. The number of cyclic esters (lactones) is 2. The van der Waals surface area contributed by atoms with Gasteiger partial charge in [-0.15, -0.1) is 0 Å². The van der Waals surface area contributed by atoms with Crippen molar-refractivity contribution in [2.45, 2.75) is 18.9 Å². The van der Waals surface area contributed by atoms with Gasteiger partial charge < -0.3 is 9.47 Å². The second kappa shape index (κ2) is 2.70. The summed E-state index contributed by atoms with van der Waals surface area (Å²) in [6.07, 6.45) is 4.66. The van der Waals surface area contributed by atoms with E-state index in [1.54, 1.807) is 0 Å². The van der Waals surface area contributed by atoms with E-state index in [1.807, 2.05) is 19.1 Å². The van der Waals surface area contributed by atoms with E-state index < -0.39 is 17.5 Å². The van der Waals surface area contributed by atoms with Crippen LogP contribution in [0.15, 0.2) is 12.2 Å². The zero-order valence-corrected chi connectivity index (χ0v) is 8.43. The summed E-state index contributed by atoms with van der Waals surface area (Å²) in [5.74, 6) is -1.36. The van der Waals surface area contributed by atoms with Crippen molar-refractivity contribution in [2.75, 3.05) is 6.61 Å². The summed E-state index contributed by atoms with van der Waals surface area (Å²) < 4.78 is 10.4. The minimum Gasteiger partial charge on any atom is -0.393 e. The monoisotopic (exact) mass is 208 g/mol. The Morgan fingerprint density at radius 2 is 2.33 bits per heavy atom. The molecular formula is C11H12O4. The molecule has 15 heavy (non-hydrogen) atoms. The number of rotatable bonds is 2. The summed E-state index contributed by atoms with van der Waals surface area (Å²) in [6.45, 7) is 2.44. The number of carbonyl (C=O) groups excluding carboxylic acids is 2. The van der Waals surface area contributed by atoms with Crippen molar-refractivity contribution in [2.24, 2.45) is 17.8 Å². The van der Waals surface area contributed by atoms with Gasteiger partial charge in [-0.05, 0) is 19.3 Å². The molecule has 2 fully saturated rings. The summed E-state index contributed by atoms with van der Waals surface area (Å²) >= 11 is 0. The maximum Gasteiger partial charge on any atom is 0.320 e. The van der Waals surface area contributed by atoms with Crippen LogP contribution in [-0.4, -0.2) is 24.1 Å². The number of fused-ring (bicyclic) bond motifs is 5. The Morgan fingerprint density at radius 3 is 3.07 bits per heavy atom. The average Bonchev–Trinajstić information content (AvgIpc) is 2.79. The van der Waals surface area contributed by atoms with E-state index in [0.29, 0.717) is 6.61 Å². The first-order valence-corrected chi connectivity index (χ1v) is 5.27. The Hall–Kier alpha value is -1.16. The van der Waals surface area contributed by atoms with Gasteiger partial charge in [0.15, 0.2) is 0 Å². The summed E-state index contributed by atoms with van der Waals surface area (Å²) in [5.41, 5.74) is -0.562. The second-order valence-electron chi connectivity index (χ2n) is 4.36. The van der Waals surface area contributed by atoms with Crippen LogP contribution in [-0.2, 0) is 19.1 Å². The predicted octanol–water partition coefficient (Wildman–Crippen LogP) is 0.667. The van der Waals surface area contributed by atoms with Crippen molar-refractivity contribution < 1.29 is 19.1 Å². The first-order chi connectivity index (χ1) is 7.18.